The van der Waals surface area contributed by atoms with Crippen LogP contribution in [0.5, 0.6) is 11.5 Å². The first-order valence-corrected chi connectivity index (χ1v) is 8.74. The third kappa shape index (κ3) is 4.18. The Hall–Kier alpha value is -1.11. The Morgan fingerprint density at radius 1 is 1.29 bits per heavy atom. The summed E-state index contributed by atoms with van der Waals surface area (Å²) in [6, 6.07) is 5.89. The highest BCUT2D eigenvalue weighted by molar-refractivity contribution is 7.85. The summed E-state index contributed by atoms with van der Waals surface area (Å²) < 4.78 is 23.5. The van der Waals surface area contributed by atoms with Gasteiger partial charge in [-0.25, -0.2) is 0 Å². The topological polar surface area (TPSA) is 67.8 Å². The van der Waals surface area contributed by atoms with Crippen molar-refractivity contribution in [2.75, 3.05) is 25.5 Å². The van der Waals surface area contributed by atoms with Crippen molar-refractivity contribution < 1.29 is 18.8 Å². The zero-order chi connectivity index (χ0) is 14.7. The summed E-state index contributed by atoms with van der Waals surface area (Å²) in [7, 11) is -1.24. The van der Waals surface area contributed by atoms with Gasteiger partial charge in [0.05, 0.1) is 35.9 Å². The first kappa shape index (κ1) is 14.8. The van der Waals surface area contributed by atoms with Gasteiger partial charge in [0.1, 0.15) is 0 Å². The van der Waals surface area contributed by atoms with E-state index in [1.807, 2.05) is 0 Å². The lowest BCUT2D eigenvalue weighted by atomic mass is 10.3. The molecule has 21 heavy (non-hydrogen) atoms. The van der Waals surface area contributed by atoms with Gasteiger partial charge in [-0.15, -0.1) is 0 Å². The van der Waals surface area contributed by atoms with Crippen LogP contribution in [0.25, 0.3) is 0 Å². The van der Waals surface area contributed by atoms with E-state index >= 15 is 0 Å². The Kier molecular flexibility index (Phi) is 4.77. The molecule has 0 aromatic heterocycles. The van der Waals surface area contributed by atoms with Gasteiger partial charge in [0.15, 0.2) is 11.5 Å². The molecule has 5 nitrogen and oxygen atoms in total. The predicted molar refractivity (Wildman–Crippen MR) is 80.4 cm³/mol. The monoisotopic (exact) mass is 311 g/mol. The molecule has 1 heterocycles. The van der Waals surface area contributed by atoms with Gasteiger partial charge in [-0.2, -0.15) is 0 Å². The van der Waals surface area contributed by atoms with Crippen molar-refractivity contribution in [3.63, 3.8) is 0 Å². The van der Waals surface area contributed by atoms with Crippen molar-refractivity contribution in [1.29, 1.82) is 0 Å². The Labute approximate surface area is 127 Å². The molecule has 1 fully saturated rings. The normalized spacial score (nSPS) is 20.6. The molecule has 1 aliphatic carbocycles. The van der Waals surface area contributed by atoms with Crippen molar-refractivity contribution in [3.8, 4) is 11.5 Å². The quantitative estimate of drug-likeness (QED) is 0.822. The molecule has 0 saturated heterocycles. The Morgan fingerprint density at radius 2 is 2.05 bits per heavy atom. The van der Waals surface area contributed by atoms with E-state index in [9.17, 15) is 9.32 Å². The van der Waals surface area contributed by atoms with Crippen LogP contribution in [0, 0.1) is 0 Å². The van der Waals surface area contributed by atoms with Crippen LogP contribution in [0.4, 0.5) is 0 Å². The molecular formula is C15H21NO4S. The molecule has 6 heteroatoms. The summed E-state index contributed by atoms with van der Waals surface area (Å²) in [6.45, 7) is 1.75. The van der Waals surface area contributed by atoms with Gasteiger partial charge in [0.2, 0.25) is 0 Å². The molecule has 2 N–H and O–H groups in total. The van der Waals surface area contributed by atoms with Crippen LogP contribution in [-0.2, 0) is 10.8 Å². The van der Waals surface area contributed by atoms with Gasteiger partial charge in [-0.3, -0.25) is 4.21 Å². The molecule has 2 atom stereocenters. The lowest BCUT2D eigenvalue weighted by Crippen LogP contribution is -2.32. The van der Waals surface area contributed by atoms with E-state index in [0.29, 0.717) is 42.2 Å². The van der Waals surface area contributed by atoms with Crippen LogP contribution in [-0.4, -0.2) is 47.0 Å². The highest BCUT2D eigenvalue weighted by Crippen LogP contribution is 2.31. The van der Waals surface area contributed by atoms with Crippen molar-refractivity contribution in [2.45, 2.75) is 36.3 Å². The molecule has 1 aliphatic heterocycles. The minimum atomic E-state index is -1.24. The van der Waals surface area contributed by atoms with E-state index in [1.54, 1.807) is 18.2 Å². The zero-order valence-corrected chi connectivity index (χ0v) is 12.7. The van der Waals surface area contributed by atoms with Crippen molar-refractivity contribution in [2.24, 2.45) is 0 Å². The molecular weight excluding hydrogens is 290 g/mol. The molecule has 0 radical (unpaired) electrons. The molecule has 1 saturated carbocycles. The standard InChI is InChI=1S/C15H21NO4S/c17-12(9-16-11-2-3-11)10-21(18)13-4-5-14-15(8-13)20-7-1-6-19-14/h4-5,8,11-12,16-17H,1-3,6-7,9-10H2. The van der Waals surface area contributed by atoms with Gasteiger partial charge in [-0.1, -0.05) is 0 Å². The molecule has 0 bridgehead atoms. The number of benzene rings is 1. The van der Waals surface area contributed by atoms with Crippen LogP contribution < -0.4 is 14.8 Å². The summed E-state index contributed by atoms with van der Waals surface area (Å²) in [4.78, 5) is 0.671. The summed E-state index contributed by atoms with van der Waals surface area (Å²) in [5.74, 6) is 1.58. The van der Waals surface area contributed by atoms with E-state index in [2.05, 4.69) is 5.32 Å². The molecule has 0 spiro atoms. The van der Waals surface area contributed by atoms with Gasteiger partial charge < -0.3 is 19.9 Å². The summed E-state index contributed by atoms with van der Waals surface area (Å²) in [5.41, 5.74) is 0. The minimum Gasteiger partial charge on any atom is -0.490 e. The van der Waals surface area contributed by atoms with Gasteiger partial charge in [0.25, 0.3) is 0 Å². The number of aliphatic hydroxyl groups is 1. The second-order valence-electron chi connectivity index (χ2n) is 5.51. The maximum absolute atomic E-state index is 12.3. The van der Waals surface area contributed by atoms with Crippen molar-refractivity contribution in [1.82, 2.24) is 5.32 Å². The minimum absolute atomic E-state index is 0.235. The third-order valence-corrected chi connectivity index (χ3v) is 5.01. The van der Waals surface area contributed by atoms with Crippen LogP contribution in [0.1, 0.15) is 19.3 Å². The SMILES string of the molecule is O=S(CC(O)CNC1CC1)c1ccc2c(c1)OCCCO2. The lowest BCUT2D eigenvalue weighted by molar-refractivity contribution is 0.194. The van der Waals surface area contributed by atoms with Gasteiger partial charge >= 0.3 is 0 Å². The first-order chi connectivity index (χ1) is 10.2. The molecule has 0 amide bonds. The number of hydrogen-bond acceptors (Lipinski definition) is 5. The van der Waals surface area contributed by atoms with Gasteiger partial charge in [0, 0.05) is 30.0 Å². The van der Waals surface area contributed by atoms with E-state index in [-0.39, 0.29) is 5.75 Å². The van der Waals surface area contributed by atoms with E-state index < -0.39 is 16.9 Å². The van der Waals surface area contributed by atoms with Crippen molar-refractivity contribution >= 4 is 10.8 Å². The Morgan fingerprint density at radius 3 is 2.81 bits per heavy atom. The Bertz CT molecular complexity index is 518. The molecule has 116 valence electrons. The number of rotatable bonds is 6. The highest BCUT2D eigenvalue weighted by Gasteiger charge is 2.22. The van der Waals surface area contributed by atoms with Crippen LogP contribution >= 0.6 is 0 Å². The van der Waals surface area contributed by atoms with Crippen LogP contribution in [0.2, 0.25) is 0 Å². The molecule has 1 aromatic carbocycles. The molecule has 2 unspecified atom stereocenters. The second-order valence-corrected chi connectivity index (χ2v) is 7.00. The fourth-order valence-corrected chi connectivity index (χ4v) is 3.32. The van der Waals surface area contributed by atoms with Crippen LogP contribution in [0.3, 0.4) is 0 Å². The summed E-state index contributed by atoms with van der Waals surface area (Å²) in [5, 5.41) is 13.2. The summed E-state index contributed by atoms with van der Waals surface area (Å²) >= 11 is 0. The smallest absolute Gasteiger partial charge is 0.162 e. The van der Waals surface area contributed by atoms with Crippen molar-refractivity contribution in [3.05, 3.63) is 18.2 Å². The number of fused-ring (bicyclic) bond motifs is 1. The predicted octanol–water partition coefficient (Wildman–Crippen LogP) is 1.07. The van der Waals surface area contributed by atoms with E-state index in [0.717, 1.165) is 6.42 Å². The Balaban J connectivity index is 1.59. The molecule has 2 aliphatic rings. The zero-order valence-electron chi connectivity index (χ0n) is 11.9. The van der Waals surface area contributed by atoms with E-state index in [4.69, 9.17) is 9.47 Å². The number of hydrogen-bond donors (Lipinski definition) is 2. The van der Waals surface area contributed by atoms with E-state index in [1.165, 1.54) is 12.8 Å². The lowest BCUT2D eigenvalue weighted by Gasteiger charge is -2.12. The highest BCUT2D eigenvalue weighted by atomic mass is 32.2. The first-order valence-electron chi connectivity index (χ1n) is 7.42. The number of ether oxygens (including phenoxy) is 2. The number of aliphatic hydroxyl groups excluding tert-OH is 1. The average Bonchev–Trinajstić information content (AvgIpc) is 3.31. The third-order valence-electron chi connectivity index (χ3n) is 3.55. The van der Waals surface area contributed by atoms with Gasteiger partial charge in [-0.05, 0) is 25.0 Å². The van der Waals surface area contributed by atoms with Crippen LogP contribution in [0.15, 0.2) is 23.1 Å². The fraction of sp³-hybridized carbons (Fsp3) is 0.600. The molecule has 3 rings (SSSR count). The average molecular weight is 311 g/mol. The maximum Gasteiger partial charge on any atom is 0.162 e. The maximum atomic E-state index is 12.3. The summed E-state index contributed by atoms with van der Waals surface area (Å²) in [6.07, 6.45) is 2.61. The molecule has 1 aromatic rings. The second kappa shape index (κ2) is 6.77. The number of nitrogens with one attached hydrogen (secondary N) is 1. The largest absolute Gasteiger partial charge is 0.490 e. The fourth-order valence-electron chi connectivity index (χ4n) is 2.21.